The van der Waals surface area contributed by atoms with Crippen molar-refractivity contribution in [1.82, 2.24) is 5.32 Å². The molecule has 3 N–H and O–H groups in total. The first-order valence-electron chi connectivity index (χ1n) is 8.02. The van der Waals surface area contributed by atoms with E-state index in [0.29, 0.717) is 12.0 Å². The number of nitrogens with two attached hydrogens (primary N) is 1. The van der Waals surface area contributed by atoms with Crippen molar-refractivity contribution in [2.45, 2.75) is 36.1 Å². The smallest absolute Gasteiger partial charge is 0.238 e. The summed E-state index contributed by atoms with van der Waals surface area (Å²) in [6.07, 6.45) is 2.97. The van der Waals surface area contributed by atoms with Gasteiger partial charge in [-0.15, -0.1) is 0 Å². The number of halogens is 1. The Balaban J connectivity index is 1.41. The predicted octanol–water partition coefficient (Wildman–Crippen LogP) is 2.55. The molecule has 0 radical (unpaired) electrons. The minimum absolute atomic E-state index is 0.139. The van der Waals surface area contributed by atoms with Gasteiger partial charge in [0.25, 0.3) is 0 Å². The van der Waals surface area contributed by atoms with E-state index in [1.807, 2.05) is 12.1 Å². The third-order valence-corrected chi connectivity index (χ3v) is 5.51. The van der Waals surface area contributed by atoms with Gasteiger partial charge in [-0.25, -0.2) is 17.9 Å². The monoisotopic (exact) mass is 348 g/mol. The molecule has 0 aliphatic heterocycles. The maximum atomic E-state index is 12.9. The van der Waals surface area contributed by atoms with Crippen LogP contribution in [0.1, 0.15) is 29.9 Å². The summed E-state index contributed by atoms with van der Waals surface area (Å²) in [7, 11) is -3.62. The highest BCUT2D eigenvalue weighted by Gasteiger charge is 2.29. The Morgan fingerprint density at radius 1 is 1.04 bits per heavy atom. The van der Waals surface area contributed by atoms with Crippen molar-refractivity contribution in [3.05, 3.63) is 65.5 Å². The van der Waals surface area contributed by atoms with Gasteiger partial charge >= 0.3 is 0 Å². The first-order chi connectivity index (χ1) is 11.4. The fourth-order valence-corrected chi connectivity index (χ4v) is 3.57. The van der Waals surface area contributed by atoms with Gasteiger partial charge in [0.15, 0.2) is 0 Å². The summed E-state index contributed by atoms with van der Waals surface area (Å²) in [5.41, 5.74) is 2.28. The molecule has 0 bridgehead atoms. The van der Waals surface area contributed by atoms with Gasteiger partial charge in [-0.05, 0) is 67.1 Å². The second-order valence-corrected chi connectivity index (χ2v) is 7.87. The maximum absolute atomic E-state index is 12.9. The molecule has 128 valence electrons. The van der Waals surface area contributed by atoms with Crippen molar-refractivity contribution >= 4 is 10.0 Å². The van der Waals surface area contributed by atoms with E-state index in [9.17, 15) is 12.8 Å². The van der Waals surface area contributed by atoms with Gasteiger partial charge in [0.05, 0.1) is 4.90 Å². The summed E-state index contributed by atoms with van der Waals surface area (Å²) in [6.45, 7) is 0.843. The number of nitrogens with one attached hydrogen (secondary N) is 1. The zero-order valence-electron chi connectivity index (χ0n) is 13.3. The Morgan fingerprint density at radius 2 is 1.67 bits per heavy atom. The molecular weight excluding hydrogens is 327 g/mol. The number of benzene rings is 2. The van der Waals surface area contributed by atoms with Gasteiger partial charge in [-0.1, -0.05) is 24.3 Å². The Hall–Kier alpha value is -1.76. The molecule has 1 aliphatic carbocycles. The molecule has 0 unspecified atom stereocenters. The number of hydrogen-bond acceptors (Lipinski definition) is 3. The average Bonchev–Trinajstić information content (AvgIpc) is 2.50. The van der Waals surface area contributed by atoms with E-state index in [0.717, 1.165) is 31.4 Å². The van der Waals surface area contributed by atoms with Gasteiger partial charge < -0.3 is 5.32 Å². The lowest BCUT2D eigenvalue weighted by molar-refractivity contribution is 0.292. The Bertz CT molecular complexity index is 783. The molecule has 3 rings (SSSR count). The normalized spacial score (nSPS) is 20.6. The first kappa shape index (κ1) is 17.1. The summed E-state index contributed by atoms with van der Waals surface area (Å²) in [5, 5.41) is 8.59. The molecule has 24 heavy (non-hydrogen) atoms. The molecule has 1 saturated carbocycles. The SMILES string of the molecule is NS(=O)(=O)c1ccc(CCNC2CC(c3ccc(F)cc3)C2)cc1. The molecule has 0 saturated heterocycles. The number of primary sulfonamides is 1. The van der Waals surface area contributed by atoms with E-state index in [-0.39, 0.29) is 10.7 Å². The van der Waals surface area contributed by atoms with Crippen LogP contribution in [0.3, 0.4) is 0 Å². The fourth-order valence-electron chi connectivity index (χ4n) is 3.06. The molecule has 6 heteroatoms. The lowest BCUT2D eigenvalue weighted by Gasteiger charge is -2.36. The van der Waals surface area contributed by atoms with Crippen molar-refractivity contribution in [2.24, 2.45) is 5.14 Å². The van der Waals surface area contributed by atoms with Crippen LogP contribution >= 0.6 is 0 Å². The van der Waals surface area contributed by atoms with Gasteiger partial charge in [0, 0.05) is 6.04 Å². The van der Waals surface area contributed by atoms with Crippen molar-refractivity contribution in [2.75, 3.05) is 6.54 Å². The topological polar surface area (TPSA) is 72.2 Å². The fraction of sp³-hybridized carbons (Fsp3) is 0.333. The molecule has 4 nitrogen and oxygen atoms in total. The van der Waals surface area contributed by atoms with Crippen LogP contribution in [0.15, 0.2) is 53.4 Å². The first-order valence-corrected chi connectivity index (χ1v) is 9.57. The third-order valence-electron chi connectivity index (χ3n) is 4.58. The molecular formula is C18H21FN2O2S. The van der Waals surface area contributed by atoms with Gasteiger partial charge in [-0.3, -0.25) is 0 Å². The van der Waals surface area contributed by atoms with Gasteiger partial charge in [0.2, 0.25) is 10.0 Å². The van der Waals surface area contributed by atoms with E-state index >= 15 is 0 Å². The van der Waals surface area contributed by atoms with Crippen LogP contribution in [0.5, 0.6) is 0 Å². The summed E-state index contributed by atoms with van der Waals surface area (Å²) >= 11 is 0. The zero-order valence-corrected chi connectivity index (χ0v) is 14.1. The van der Waals surface area contributed by atoms with Crippen molar-refractivity contribution in [1.29, 1.82) is 0 Å². The number of hydrogen-bond donors (Lipinski definition) is 2. The summed E-state index contributed by atoms with van der Waals surface area (Å²) in [4.78, 5) is 0.139. The molecule has 0 spiro atoms. The van der Waals surface area contributed by atoms with Gasteiger partial charge in [0.1, 0.15) is 5.82 Å². The van der Waals surface area contributed by atoms with Crippen molar-refractivity contribution in [3.63, 3.8) is 0 Å². The minimum Gasteiger partial charge on any atom is -0.314 e. The highest BCUT2D eigenvalue weighted by atomic mass is 32.2. The van der Waals surface area contributed by atoms with Crippen LogP contribution in [-0.2, 0) is 16.4 Å². The van der Waals surface area contributed by atoms with E-state index in [1.165, 1.54) is 17.7 Å². The lowest BCUT2D eigenvalue weighted by Crippen LogP contribution is -2.40. The van der Waals surface area contributed by atoms with E-state index in [2.05, 4.69) is 5.32 Å². The average molecular weight is 348 g/mol. The van der Waals surface area contributed by atoms with Crippen molar-refractivity contribution in [3.8, 4) is 0 Å². The molecule has 1 fully saturated rings. The molecule has 0 heterocycles. The zero-order chi connectivity index (χ0) is 17.2. The summed E-state index contributed by atoms with van der Waals surface area (Å²) in [6, 6.07) is 13.9. The highest BCUT2D eigenvalue weighted by molar-refractivity contribution is 7.89. The summed E-state index contributed by atoms with van der Waals surface area (Å²) < 4.78 is 35.3. The van der Waals surface area contributed by atoms with E-state index in [1.54, 1.807) is 24.3 Å². The Kier molecular flexibility index (Phi) is 4.99. The maximum Gasteiger partial charge on any atom is 0.238 e. The Morgan fingerprint density at radius 3 is 2.25 bits per heavy atom. The Labute approximate surface area is 141 Å². The molecule has 2 aromatic rings. The van der Waals surface area contributed by atoms with Crippen LogP contribution < -0.4 is 10.5 Å². The molecule has 0 amide bonds. The van der Waals surface area contributed by atoms with Crippen LogP contribution in [-0.4, -0.2) is 21.0 Å². The largest absolute Gasteiger partial charge is 0.314 e. The summed E-state index contributed by atoms with van der Waals surface area (Å²) in [5.74, 6) is 0.318. The molecule has 1 aliphatic rings. The van der Waals surface area contributed by atoms with Crippen LogP contribution in [0.4, 0.5) is 4.39 Å². The van der Waals surface area contributed by atoms with E-state index < -0.39 is 10.0 Å². The van der Waals surface area contributed by atoms with Crippen molar-refractivity contribution < 1.29 is 12.8 Å². The number of sulfonamides is 1. The highest BCUT2D eigenvalue weighted by Crippen LogP contribution is 2.36. The molecule has 0 atom stereocenters. The van der Waals surface area contributed by atoms with Crippen LogP contribution in [0.2, 0.25) is 0 Å². The second-order valence-electron chi connectivity index (χ2n) is 6.31. The number of rotatable bonds is 6. The minimum atomic E-state index is -3.62. The van der Waals surface area contributed by atoms with Crippen LogP contribution in [0, 0.1) is 5.82 Å². The quantitative estimate of drug-likeness (QED) is 0.843. The third kappa shape index (κ3) is 4.20. The molecule has 0 aromatic heterocycles. The van der Waals surface area contributed by atoms with E-state index in [4.69, 9.17) is 5.14 Å². The lowest BCUT2D eigenvalue weighted by atomic mass is 9.76. The predicted molar refractivity (Wildman–Crippen MR) is 91.7 cm³/mol. The van der Waals surface area contributed by atoms with Gasteiger partial charge in [-0.2, -0.15) is 0 Å². The van der Waals surface area contributed by atoms with Crippen LogP contribution in [0.25, 0.3) is 0 Å². The standard InChI is InChI=1S/C18H21FN2O2S/c19-16-5-3-14(4-6-16)15-11-17(12-15)21-10-9-13-1-7-18(8-2-13)24(20,22)23/h1-8,15,17,21H,9-12H2,(H2,20,22,23). The second kappa shape index (κ2) is 7.01. The molecule has 2 aromatic carbocycles.